The SMILES string of the molecule is CCN1C(=O)[C@H]2[C@H]3C=C[C@](O)(C(=O)N3S(=O)(=O)c3c(C)cc(C)cc3C)[C@H]2C1=O. The molecule has 0 aromatic heterocycles. The standard InChI is InChI=1S/C20H22N2O6S/c1-5-21-17(23)14-13-6-7-20(26,15(14)18(21)24)19(25)22(13)29(27,28)16-11(3)8-10(2)9-12(16)4/h6-9,13-15,26H,5H2,1-4H3/t13-,14+,15-,20-/m1/s1. The third-order valence-corrected chi connectivity index (χ3v) is 8.17. The van der Waals surface area contributed by atoms with E-state index in [1.54, 1.807) is 32.9 Å². The van der Waals surface area contributed by atoms with Gasteiger partial charge in [0.25, 0.3) is 15.9 Å². The number of aliphatic hydroxyl groups is 1. The number of fused-ring (bicyclic) bond motifs is 1. The molecule has 0 unspecified atom stereocenters. The van der Waals surface area contributed by atoms with Gasteiger partial charge in [-0.05, 0) is 44.9 Å². The van der Waals surface area contributed by atoms with Crippen molar-refractivity contribution in [2.24, 2.45) is 11.8 Å². The molecule has 3 amide bonds. The van der Waals surface area contributed by atoms with Gasteiger partial charge in [0.05, 0.1) is 22.8 Å². The molecule has 4 atom stereocenters. The number of sulfonamides is 1. The van der Waals surface area contributed by atoms with Gasteiger partial charge in [-0.1, -0.05) is 23.8 Å². The predicted octanol–water partition coefficient (Wildman–Crippen LogP) is 0.433. The molecule has 3 aliphatic heterocycles. The van der Waals surface area contributed by atoms with E-state index in [9.17, 15) is 27.9 Å². The van der Waals surface area contributed by atoms with Crippen LogP contribution in [0.2, 0.25) is 0 Å². The topological polar surface area (TPSA) is 112 Å². The Morgan fingerprint density at radius 3 is 2.21 bits per heavy atom. The number of aryl methyl sites for hydroxylation is 3. The van der Waals surface area contributed by atoms with E-state index in [-0.39, 0.29) is 11.4 Å². The average molecular weight is 418 g/mol. The molecule has 1 aromatic carbocycles. The fraction of sp³-hybridized carbons (Fsp3) is 0.450. The summed E-state index contributed by atoms with van der Waals surface area (Å²) in [5.41, 5.74) is -0.559. The number of piperidine rings is 1. The molecule has 1 aromatic rings. The Bertz CT molecular complexity index is 1080. The maximum Gasteiger partial charge on any atom is 0.273 e. The molecule has 0 radical (unpaired) electrons. The zero-order chi connectivity index (χ0) is 21.5. The third kappa shape index (κ3) is 2.34. The van der Waals surface area contributed by atoms with Gasteiger partial charge < -0.3 is 5.11 Å². The smallest absolute Gasteiger partial charge is 0.273 e. The molecule has 154 valence electrons. The van der Waals surface area contributed by atoms with Crippen molar-refractivity contribution >= 4 is 27.7 Å². The van der Waals surface area contributed by atoms with Crippen molar-refractivity contribution in [3.8, 4) is 0 Å². The van der Waals surface area contributed by atoms with Crippen molar-refractivity contribution in [2.45, 2.75) is 44.2 Å². The zero-order valence-corrected chi connectivity index (χ0v) is 17.4. The molecule has 3 heterocycles. The Morgan fingerprint density at radius 2 is 1.66 bits per heavy atom. The van der Waals surface area contributed by atoms with E-state index in [1.165, 1.54) is 6.08 Å². The molecule has 0 spiro atoms. The van der Waals surface area contributed by atoms with Crippen molar-refractivity contribution in [2.75, 3.05) is 6.54 Å². The lowest BCUT2D eigenvalue weighted by molar-refractivity contribution is -0.165. The summed E-state index contributed by atoms with van der Waals surface area (Å²) in [6.07, 6.45) is 2.51. The lowest BCUT2D eigenvalue weighted by Crippen LogP contribution is -2.69. The first-order chi connectivity index (χ1) is 13.5. The summed E-state index contributed by atoms with van der Waals surface area (Å²) in [6.45, 7) is 6.81. The number of hydrogen-bond acceptors (Lipinski definition) is 6. The number of nitrogens with zero attached hydrogens (tertiary/aromatic N) is 2. The molecule has 2 fully saturated rings. The molecular formula is C20H22N2O6S. The number of carbonyl (C=O) groups is 3. The number of imide groups is 1. The van der Waals surface area contributed by atoms with Gasteiger partial charge in [0.1, 0.15) is 0 Å². The molecule has 9 heteroatoms. The van der Waals surface area contributed by atoms with Gasteiger partial charge in [0.15, 0.2) is 5.60 Å². The van der Waals surface area contributed by atoms with Crippen LogP contribution < -0.4 is 0 Å². The second kappa shape index (κ2) is 5.99. The number of hydrogen-bond donors (Lipinski definition) is 1. The average Bonchev–Trinajstić information content (AvgIpc) is 2.87. The van der Waals surface area contributed by atoms with Gasteiger partial charge >= 0.3 is 0 Å². The van der Waals surface area contributed by atoms with E-state index in [1.807, 2.05) is 6.92 Å². The molecule has 0 saturated carbocycles. The molecule has 1 N–H and O–H groups in total. The molecule has 1 aliphatic carbocycles. The third-order valence-electron chi connectivity index (χ3n) is 6.08. The summed E-state index contributed by atoms with van der Waals surface area (Å²) in [6, 6.07) is 2.24. The lowest BCUT2D eigenvalue weighted by atomic mass is 9.68. The van der Waals surface area contributed by atoms with E-state index in [0.717, 1.165) is 16.5 Å². The van der Waals surface area contributed by atoms with Crippen molar-refractivity contribution < 1.29 is 27.9 Å². The lowest BCUT2D eigenvalue weighted by Gasteiger charge is -2.49. The van der Waals surface area contributed by atoms with Gasteiger partial charge in [-0.15, -0.1) is 0 Å². The number of likely N-dealkylation sites (tertiary alicyclic amines) is 1. The molecule has 8 nitrogen and oxygen atoms in total. The van der Waals surface area contributed by atoms with E-state index in [0.29, 0.717) is 15.4 Å². The first kappa shape index (κ1) is 19.8. The molecule has 2 saturated heterocycles. The summed E-state index contributed by atoms with van der Waals surface area (Å²) >= 11 is 0. The van der Waals surface area contributed by atoms with E-state index >= 15 is 0 Å². The highest BCUT2D eigenvalue weighted by Crippen LogP contribution is 2.49. The van der Waals surface area contributed by atoms with Gasteiger partial charge in [0.2, 0.25) is 11.8 Å². The number of rotatable bonds is 3. The van der Waals surface area contributed by atoms with Crippen LogP contribution in [0.1, 0.15) is 23.6 Å². The monoisotopic (exact) mass is 418 g/mol. The maximum atomic E-state index is 13.6. The Hall–Kier alpha value is -2.52. The van der Waals surface area contributed by atoms with Crippen molar-refractivity contribution in [3.63, 3.8) is 0 Å². The Balaban J connectivity index is 1.90. The summed E-state index contributed by atoms with van der Waals surface area (Å²) < 4.78 is 27.7. The minimum Gasteiger partial charge on any atom is -0.375 e. The maximum absolute atomic E-state index is 13.6. The summed E-state index contributed by atoms with van der Waals surface area (Å²) in [5, 5.41) is 11.1. The van der Waals surface area contributed by atoms with Crippen LogP contribution in [-0.4, -0.2) is 58.6 Å². The molecular weight excluding hydrogens is 396 g/mol. The predicted molar refractivity (Wildman–Crippen MR) is 102 cm³/mol. The first-order valence-corrected chi connectivity index (χ1v) is 10.8. The minimum atomic E-state index is -4.37. The van der Waals surface area contributed by atoms with Crippen molar-refractivity contribution in [1.82, 2.24) is 9.21 Å². The highest BCUT2D eigenvalue weighted by molar-refractivity contribution is 7.89. The van der Waals surface area contributed by atoms with Crippen LogP contribution in [-0.2, 0) is 24.4 Å². The van der Waals surface area contributed by atoms with Crippen LogP contribution in [0.4, 0.5) is 0 Å². The molecule has 4 aliphatic rings. The largest absolute Gasteiger partial charge is 0.375 e. The Labute approximate surface area is 168 Å². The van der Waals surface area contributed by atoms with Crippen molar-refractivity contribution in [1.29, 1.82) is 0 Å². The van der Waals surface area contributed by atoms with Crippen LogP contribution in [0.5, 0.6) is 0 Å². The number of carbonyl (C=O) groups excluding carboxylic acids is 3. The molecule has 2 bridgehead atoms. The van der Waals surface area contributed by atoms with Gasteiger partial charge in [-0.2, -0.15) is 0 Å². The van der Waals surface area contributed by atoms with Crippen LogP contribution in [0, 0.1) is 32.6 Å². The Morgan fingerprint density at radius 1 is 1.07 bits per heavy atom. The van der Waals surface area contributed by atoms with Gasteiger partial charge in [0, 0.05) is 6.54 Å². The second-order valence-corrected chi connectivity index (χ2v) is 9.68. The highest BCUT2D eigenvalue weighted by Gasteiger charge is 2.70. The minimum absolute atomic E-state index is 0.0262. The summed E-state index contributed by atoms with van der Waals surface area (Å²) in [4.78, 5) is 39.6. The molecule has 5 rings (SSSR count). The van der Waals surface area contributed by atoms with Gasteiger partial charge in [-0.25, -0.2) is 12.7 Å². The van der Waals surface area contributed by atoms with Crippen LogP contribution in [0.15, 0.2) is 29.2 Å². The fourth-order valence-electron chi connectivity index (χ4n) is 5.02. The Kier molecular flexibility index (Phi) is 4.09. The van der Waals surface area contributed by atoms with Gasteiger partial charge in [-0.3, -0.25) is 19.3 Å². The van der Waals surface area contributed by atoms with Crippen LogP contribution in [0.3, 0.4) is 0 Å². The quantitative estimate of drug-likeness (QED) is 0.563. The van der Waals surface area contributed by atoms with Crippen LogP contribution in [0.25, 0.3) is 0 Å². The van der Waals surface area contributed by atoms with E-state index in [4.69, 9.17) is 0 Å². The summed E-state index contributed by atoms with van der Waals surface area (Å²) in [5.74, 6) is -4.74. The number of benzene rings is 1. The van der Waals surface area contributed by atoms with E-state index in [2.05, 4.69) is 0 Å². The normalized spacial score (nSPS) is 31.1. The zero-order valence-electron chi connectivity index (χ0n) is 16.5. The highest BCUT2D eigenvalue weighted by atomic mass is 32.2. The first-order valence-electron chi connectivity index (χ1n) is 9.40. The fourth-order valence-corrected chi connectivity index (χ4v) is 7.03. The second-order valence-electron chi connectivity index (χ2n) is 7.93. The van der Waals surface area contributed by atoms with E-state index < -0.39 is 51.2 Å². The molecule has 29 heavy (non-hydrogen) atoms. The summed E-state index contributed by atoms with van der Waals surface area (Å²) in [7, 11) is -4.37. The number of amides is 3. The van der Waals surface area contributed by atoms with Crippen molar-refractivity contribution in [3.05, 3.63) is 41.0 Å². The van der Waals surface area contributed by atoms with Crippen LogP contribution >= 0.6 is 0 Å².